The van der Waals surface area contributed by atoms with Gasteiger partial charge in [0.15, 0.2) is 6.61 Å². The molecule has 0 aliphatic carbocycles. The van der Waals surface area contributed by atoms with Gasteiger partial charge in [-0.3, -0.25) is 9.59 Å². The average Bonchev–Trinajstić information content (AvgIpc) is 2.74. The zero-order valence-electron chi connectivity index (χ0n) is 15.1. The van der Waals surface area contributed by atoms with E-state index >= 15 is 0 Å². The van der Waals surface area contributed by atoms with Gasteiger partial charge in [-0.1, -0.05) is 18.2 Å². The SMILES string of the molecule is O=C(N/N=C/c1ccc(OCC(=O)N2CCCCC2)cc1)c1ccccc1. The lowest BCUT2D eigenvalue weighted by Gasteiger charge is -2.26. The highest BCUT2D eigenvalue weighted by molar-refractivity contribution is 5.94. The number of piperidine rings is 1. The molecule has 1 aliphatic rings. The van der Waals surface area contributed by atoms with Crippen LogP contribution in [0.3, 0.4) is 0 Å². The standard InChI is InChI=1S/C21H23N3O3/c25-20(24-13-5-2-6-14-24)16-27-19-11-9-17(10-12-19)15-22-23-21(26)18-7-3-1-4-8-18/h1,3-4,7-12,15H,2,5-6,13-14,16H2,(H,23,26)/b22-15+. The first-order valence-corrected chi connectivity index (χ1v) is 9.11. The first-order chi connectivity index (χ1) is 13.2. The van der Waals surface area contributed by atoms with E-state index < -0.39 is 0 Å². The number of ether oxygens (including phenoxy) is 1. The molecule has 0 spiro atoms. The average molecular weight is 365 g/mol. The third-order valence-corrected chi connectivity index (χ3v) is 4.37. The first-order valence-electron chi connectivity index (χ1n) is 9.11. The first kappa shape index (κ1) is 18.6. The van der Waals surface area contributed by atoms with Gasteiger partial charge < -0.3 is 9.64 Å². The number of nitrogens with one attached hydrogen (secondary N) is 1. The predicted octanol–water partition coefficient (Wildman–Crippen LogP) is 2.84. The van der Waals surface area contributed by atoms with Gasteiger partial charge in [0.2, 0.25) is 0 Å². The molecular formula is C21H23N3O3. The molecule has 1 heterocycles. The lowest BCUT2D eigenvalue weighted by atomic mass is 10.1. The van der Waals surface area contributed by atoms with Crippen LogP contribution in [0.25, 0.3) is 0 Å². The summed E-state index contributed by atoms with van der Waals surface area (Å²) in [4.78, 5) is 25.8. The Morgan fingerprint density at radius 3 is 2.41 bits per heavy atom. The van der Waals surface area contributed by atoms with E-state index in [-0.39, 0.29) is 18.4 Å². The van der Waals surface area contributed by atoms with Crippen LogP contribution < -0.4 is 10.2 Å². The van der Waals surface area contributed by atoms with Gasteiger partial charge in [0.05, 0.1) is 6.21 Å². The van der Waals surface area contributed by atoms with Gasteiger partial charge >= 0.3 is 0 Å². The van der Waals surface area contributed by atoms with Crippen molar-refractivity contribution in [2.75, 3.05) is 19.7 Å². The molecule has 2 amide bonds. The van der Waals surface area contributed by atoms with Crippen LogP contribution in [0.2, 0.25) is 0 Å². The van der Waals surface area contributed by atoms with Crippen LogP contribution in [0, 0.1) is 0 Å². The van der Waals surface area contributed by atoms with Crippen LogP contribution in [0.15, 0.2) is 59.7 Å². The van der Waals surface area contributed by atoms with Crippen molar-refractivity contribution in [3.8, 4) is 5.75 Å². The molecule has 140 valence electrons. The molecule has 27 heavy (non-hydrogen) atoms. The van der Waals surface area contributed by atoms with Crippen molar-refractivity contribution in [3.63, 3.8) is 0 Å². The summed E-state index contributed by atoms with van der Waals surface area (Å²) in [6.45, 7) is 1.71. The third-order valence-electron chi connectivity index (χ3n) is 4.37. The monoisotopic (exact) mass is 365 g/mol. The summed E-state index contributed by atoms with van der Waals surface area (Å²) in [5.41, 5.74) is 3.86. The number of hydrogen-bond acceptors (Lipinski definition) is 4. The topological polar surface area (TPSA) is 71.0 Å². The fourth-order valence-electron chi connectivity index (χ4n) is 2.85. The second-order valence-corrected chi connectivity index (χ2v) is 6.36. The quantitative estimate of drug-likeness (QED) is 0.632. The van der Waals surface area contributed by atoms with E-state index in [0.29, 0.717) is 11.3 Å². The van der Waals surface area contributed by atoms with Crippen molar-refractivity contribution < 1.29 is 14.3 Å². The summed E-state index contributed by atoms with van der Waals surface area (Å²) in [5.74, 6) is 0.401. The van der Waals surface area contributed by atoms with Gasteiger partial charge in [-0.2, -0.15) is 5.10 Å². The molecule has 0 radical (unpaired) electrons. The minimum absolute atomic E-state index is 0.0314. The molecule has 0 bridgehead atoms. The van der Waals surface area contributed by atoms with Crippen molar-refractivity contribution in [2.45, 2.75) is 19.3 Å². The third kappa shape index (κ3) is 5.67. The smallest absolute Gasteiger partial charge is 0.271 e. The molecule has 0 aromatic heterocycles. The Labute approximate surface area is 158 Å². The van der Waals surface area contributed by atoms with E-state index in [9.17, 15) is 9.59 Å². The van der Waals surface area contributed by atoms with Crippen LogP contribution in [-0.2, 0) is 4.79 Å². The summed E-state index contributed by atoms with van der Waals surface area (Å²) in [7, 11) is 0. The Balaban J connectivity index is 1.45. The number of rotatable bonds is 6. The number of carbonyl (C=O) groups excluding carboxylic acids is 2. The van der Waals surface area contributed by atoms with E-state index in [4.69, 9.17) is 4.74 Å². The zero-order chi connectivity index (χ0) is 18.9. The van der Waals surface area contributed by atoms with Crippen molar-refractivity contribution in [1.29, 1.82) is 0 Å². The maximum Gasteiger partial charge on any atom is 0.271 e. The summed E-state index contributed by atoms with van der Waals surface area (Å²) < 4.78 is 5.57. The maximum atomic E-state index is 12.1. The molecule has 3 rings (SSSR count). The van der Waals surface area contributed by atoms with Gasteiger partial charge in [0, 0.05) is 18.7 Å². The second kappa shape index (κ2) is 9.52. The summed E-state index contributed by atoms with van der Waals surface area (Å²) in [6, 6.07) is 16.1. The molecule has 1 fully saturated rings. The number of hydrazone groups is 1. The summed E-state index contributed by atoms with van der Waals surface area (Å²) >= 11 is 0. The molecule has 2 aromatic rings. The number of hydrogen-bond donors (Lipinski definition) is 1. The van der Waals surface area contributed by atoms with Gasteiger partial charge in [-0.05, 0) is 61.2 Å². The van der Waals surface area contributed by atoms with Crippen LogP contribution in [0.4, 0.5) is 0 Å². The Kier molecular flexibility index (Phi) is 6.57. The van der Waals surface area contributed by atoms with Crippen molar-refractivity contribution in [2.24, 2.45) is 5.10 Å². The maximum absolute atomic E-state index is 12.1. The highest BCUT2D eigenvalue weighted by atomic mass is 16.5. The molecule has 1 saturated heterocycles. The molecule has 0 unspecified atom stereocenters. The molecule has 1 N–H and O–H groups in total. The molecule has 1 aliphatic heterocycles. The van der Waals surface area contributed by atoms with Crippen molar-refractivity contribution in [3.05, 3.63) is 65.7 Å². The van der Waals surface area contributed by atoms with Crippen LogP contribution in [0.5, 0.6) is 5.75 Å². The lowest BCUT2D eigenvalue weighted by molar-refractivity contribution is -0.134. The predicted molar refractivity (Wildman–Crippen MR) is 104 cm³/mol. The summed E-state index contributed by atoms with van der Waals surface area (Å²) in [6.07, 6.45) is 4.89. The van der Waals surface area contributed by atoms with E-state index in [1.54, 1.807) is 42.6 Å². The summed E-state index contributed by atoms with van der Waals surface area (Å²) in [5, 5.41) is 3.96. The Bertz CT molecular complexity index is 782. The number of likely N-dealkylation sites (tertiary alicyclic amines) is 1. The van der Waals surface area contributed by atoms with E-state index in [1.807, 2.05) is 23.1 Å². The number of benzene rings is 2. The van der Waals surface area contributed by atoms with Crippen molar-refractivity contribution >= 4 is 18.0 Å². The number of amides is 2. The van der Waals surface area contributed by atoms with Crippen LogP contribution >= 0.6 is 0 Å². The largest absolute Gasteiger partial charge is 0.484 e. The minimum Gasteiger partial charge on any atom is -0.484 e. The van der Waals surface area contributed by atoms with Crippen molar-refractivity contribution in [1.82, 2.24) is 10.3 Å². The Morgan fingerprint density at radius 2 is 1.70 bits per heavy atom. The second-order valence-electron chi connectivity index (χ2n) is 6.36. The fourth-order valence-corrected chi connectivity index (χ4v) is 2.85. The molecule has 2 aromatic carbocycles. The minimum atomic E-state index is -0.261. The van der Waals surface area contributed by atoms with Gasteiger partial charge in [-0.25, -0.2) is 5.43 Å². The highest BCUT2D eigenvalue weighted by Crippen LogP contribution is 2.13. The van der Waals surface area contributed by atoms with Crippen LogP contribution in [-0.4, -0.2) is 42.6 Å². The van der Waals surface area contributed by atoms with E-state index in [2.05, 4.69) is 10.5 Å². The van der Waals surface area contributed by atoms with Crippen LogP contribution in [0.1, 0.15) is 35.2 Å². The van der Waals surface area contributed by atoms with Gasteiger partial charge in [0.1, 0.15) is 5.75 Å². The van der Waals surface area contributed by atoms with E-state index in [0.717, 1.165) is 31.5 Å². The highest BCUT2D eigenvalue weighted by Gasteiger charge is 2.16. The molecule has 6 heteroatoms. The normalized spacial score (nSPS) is 14.1. The zero-order valence-corrected chi connectivity index (χ0v) is 15.1. The molecule has 0 saturated carbocycles. The molecule has 6 nitrogen and oxygen atoms in total. The Morgan fingerprint density at radius 1 is 1.00 bits per heavy atom. The molecule has 0 atom stereocenters. The van der Waals surface area contributed by atoms with Gasteiger partial charge in [-0.15, -0.1) is 0 Å². The van der Waals surface area contributed by atoms with Gasteiger partial charge in [0.25, 0.3) is 11.8 Å². The Hall–Kier alpha value is -3.15. The number of carbonyl (C=O) groups is 2. The van der Waals surface area contributed by atoms with E-state index in [1.165, 1.54) is 6.42 Å². The molecular weight excluding hydrogens is 342 g/mol. The number of nitrogens with zero attached hydrogens (tertiary/aromatic N) is 2. The lowest BCUT2D eigenvalue weighted by Crippen LogP contribution is -2.38. The fraction of sp³-hybridized carbons (Fsp3) is 0.286.